The lowest BCUT2D eigenvalue weighted by atomic mass is 10.2. The molecule has 124 valence electrons. The van der Waals surface area contributed by atoms with Crippen LogP contribution in [-0.4, -0.2) is 19.9 Å². The molecule has 0 atom stereocenters. The summed E-state index contributed by atoms with van der Waals surface area (Å²) in [6.45, 7) is 2.78. The lowest BCUT2D eigenvalue weighted by Gasteiger charge is -2.08. The number of fused-ring (bicyclic) bond motifs is 1. The molecule has 4 aromatic rings. The van der Waals surface area contributed by atoms with Gasteiger partial charge in [-0.2, -0.15) is 0 Å². The molecule has 0 aliphatic heterocycles. The van der Waals surface area contributed by atoms with Gasteiger partial charge in [-0.25, -0.2) is 9.97 Å². The van der Waals surface area contributed by atoms with Gasteiger partial charge in [-0.05, 0) is 36.8 Å². The van der Waals surface area contributed by atoms with Crippen molar-refractivity contribution in [2.24, 2.45) is 0 Å². The zero-order valence-electron chi connectivity index (χ0n) is 13.8. The molecular formula is C19H17N5S. The van der Waals surface area contributed by atoms with Crippen molar-refractivity contribution in [1.82, 2.24) is 19.9 Å². The summed E-state index contributed by atoms with van der Waals surface area (Å²) in [5.74, 6) is 1.53. The summed E-state index contributed by atoms with van der Waals surface area (Å²) in [5.41, 5.74) is 1.89. The standard InChI is InChI=1S/C19H17N5S/c1-2-15-10-16-18(22-12-14-7-3-4-9-21-14)23-17(24-19(16)25-15)13-6-5-8-20-11-13/h3-11H,2,12H2,1H3,(H,22,23,24). The Morgan fingerprint density at radius 1 is 1.08 bits per heavy atom. The molecule has 0 aromatic carbocycles. The number of rotatable bonds is 5. The van der Waals surface area contributed by atoms with Crippen molar-refractivity contribution >= 4 is 27.4 Å². The summed E-state index contributed by atoms with van der Waals surface area (Å²) in [6.07, 6.45) is 6.33. The Hall–Kier alpha value is -2.86. The molecule has 0 aliphatic rings. The number of nitrogens with one attached hydrogen (secondary N) is 1. The maximum absolute atomic E-state index is 4.75. The van der Waals surface area contributed by atoms with E-state index in [9.17, 15) is 0 Å². The second-order valence-electron chi connectivity index (χ2n) is 5.60. The molecule has 1 N–H and O–H groups in total. The van der Waals surface area contributed by atoms with Crippen LogP contribution < -0.4 is 5.32 Å². The number of pyridine rings is 2. The van der Waals surface area contributed by atoms with Crippen LogP contribution in [0.4, 0.5) is 5.82 Å². The molecule has 4 rings (SSSR count). The van der Waals surface area contributed by atoms with Gasteiger partial charge in [-0.1, -0.05) is 13.0 Å². The molecule has 4 aromatic heterocycles. The van der Waals surface area contributed by atoms with E-state index >= 15 is 0 Å². The fraction of sp³-hybridized carbons (Fsp3) is 0.158. The van der Waals surface area contributed by atoms with Crippen molar-refractivity contribution in [3.63, 3.8) is 0 Å². The van der Waals surface area contributed by atoms with E-state index in [0.29, 0.717) is 12.4 Å². The van der Waals surface area contributed by atoms with Gasteiger partial charge < -0.3 is 5.32 Å². The Bertz CT molecular complexity index is 983. The molecule has 4 heterocycles. The molecular weight excluding hydrogens is 330 g/mol. The lowest BCUT2D eigenvalue weighted by molar-refractivity contribution is 1.03. The Balaban J connectivity index is 1.76. The lowest BCUT2D eigenvalue weighted by Crippen LogP contribution is -2.04. The van der Waals surface area contributed by atoms with E-state index in [0.717, 1.165) is 33.7 Å². The van der Waals surface area contributed by atoms with Crippen molar-refractivity contribution in [3.05, 3.63) is 65.6 Å². The first kappa shape index (κ1) is 15.7. The van der Waals surface area contributed by atoms with Gasteiger partial charge in [0.25, 0.3) is 0 Å². The number of nitrogens with zero attached hydrogens (tertiary/aromatic N) is 4. The van der Waals surface area contributed by atoms with Gasteiger partial charge in [0.2, 0.25) is 0 Å². The smallest absolute Gasteiger partial charge is 0.164 e. The van der Waals surface area contributed by atoms with Gasteiger partial charge in [0.05, 0.1) is 17.6 Å². The second-order valence-corrected chi connectivity index (χ2v) is 6.71. The highest BCUT2D eigenvalue weighted by atomic mass is 32.1. The minimum absolute atomic E-state index is 0.622. The highest BCUT2D eigenvalue weighted by molar-refractivity contribution is 7.18. The van der Waals surface area contributed by atoms with Crippen LogP contribution >= 0.6 is 11.3 Å². The van der Waals surface area contributed by atoms with Crippen molar-refractivity contribution in [3.8, 4) is 11.4 Å². The fourth-order valence-electron chi connectivity index (χ4n) is 2.58. The molecule has 0 amide bonds. The van der Waals surface area contributed by atoms with E-state index in [2.05, 4.69) is 28.3 Å². The zero-order valence-corrected chi connectivity index (χ0v) is 14.6. The van der Waals surface area contributed by atoms with Crippen LogP contribution in [0.2, 0.25) is 0 Å². The van der Waals surface area contributed by atoms with Crippen LogP contribution in [-0.2, 0) is 13.0 Å². The van der Waals surface area contributed by atoms with Crippen LogP contribution in [0.3, 0.4) is 0 Å². The third kappa shape index (κ3) is 3.34. The topological polar surface area (TPSA) is 63.6 Å². The molecule has 0 bridgehead atoms. The average molecular weight is 347 g/mol. The first-order valence-electron chi connectivity index (χ1n) is 8.18. The van der Waals surface area contributed by atoms with Crippen molar-refractivity contribution in [2.45, 2.75) is 19.9 Å². The van der Waals surface area contributed by atoms with E-state index in [-0.39, 0.29) is 0 Å². The highest BCUT2D eigenvalue weighted by Gasteiger charge is 2.13. The third-order valence-electron chi connectivity index (χ3n) is 3.88. The third-order valence-corrected chi connectivity index (χ3v) is 5.05. The van der Waals surface area contributed by atoms with Crippen LogP contribution in [0.15, 0.2) is 55.0 Å². The van der Waals surface area contributed by atoms with Gasteiger partial charge >= 0.3 is 0 Å². The highest BCUT2D eigenvalue weighted by Crippen LogP contribution is 2.31. The molecule has 25 heavy (non-hydrogen) atoms. The van der Waals surface area contributed by atoms with Crippen molar-refractivity contribution < 1.29 is 0 Å². The van der Waals surface area contributed by atoms with E-state index < -0.39 is 0 Å². The van der Waals surface area contributed by atoms with Gasteiger partial charge in [0, 0.05) is 29.0 Å². The number of hydrogen-bond acceptors (Lipinski definition) is 6. The Labute approximate surface area is 149 Å². The average Bonchev–Trinajstić information content (AvgIpc) is 3.11. The van der Waals surface area contributed by atoms with Crippen LogP contribution in [0, 0.1) is 0 Å². The predicted octanol–water partition coefficient (Wildman–Crippen LogP) is 4.32. The minimum atomic E-state index is 0.622. The van der Waals surface area contributed by atoms with Crippen LogP contribution in [0.1, 0.15) is 17.5 Å². The van der Waals surface area contributed by atoms with E-state index in [1.807, 2.05) is 30.3 Å². The number of anilines is 1. The summed E-state index contributed by atoms with van der Waals surface area (Å²) in [6, 6.07) is 12.0. The first-order chi connectivity index (χ1) is 12.3. The molecule has 0 saturated carbocycles. The van der Waals surface area contributed by atoms with Gasteiger partial charge in [-0.3, -0.25) is 9.97 Å². The minimum Gasteiger partial charge on any atom is -0.364 e. The molecule has 5 nitrogen and oxygen atoms in total. The van der Waals surface area contributed by atoms with Gasteiger partial charge in [0.1, 0.15) is 10.6 Å². The number of hydrogen-bond donors (Lipinski definition) is 1. The van der Waals surface area contributed by atoms with Crippen LogP contribution in [0.5, 0.6) is 0 Å². The van der Waals surface area contributed by atoms with E-state index in [1.165, 1.54) is 4.88 Å². The Morgan fingerprint density at radius 2 is 2.04 bits per heavy atom. The number of thiophene rings is 1. The SMILES string of the molecule is CCc1cc2c(NCc3ccccn3)nc(-c3cccnc3)nc2s1. The number of aromatic nitrogens is 4. The molecule has 0 aliphatic carbocycles. The maximum atomic E-state index is 4.75. The summed E-state index contributed by atoms with van der Waals surface area (Å²) in [5, 5.41) is 4.48. The van der Waals surface area contributed by atoms with Crippen LogP contribution in [0.25, 0.3) is 21.6 Å². The van der Waals surface area contributed by atoms with E-state index in [1.54, 1.807) is 29.9 Å². The summed E-state index contributed by atoms with van der Waals surface area (Å²) < 4.78 is 0. The van der Waals surface area contributed by atoms with Crippen molar-refractivity contribution in [1.29, 1.82) is 0 Å². The molecule has 0 radical (unpaired) electrons. The maximum Gasteiger partial charge on any atom is 0.164 e. The monoisotopic (exact) mass is 347 g/mol. The second kappa shape index (κ2) is 6.94. The Kier molecular flexibility index (Phi) is 4.35. The molecule has 0 spiro atoms. The fourth-order valence-corrected chi connectivity index (χ4v) is 3.55. The zero-order chi connectivity index (χ0) is 17.1. The summed E-state index contributed by atoms with van der Waals surface area (Å²) >= 11 is 1.71. The predicted molar refractivity (Wildman–Crippen MR) is 102 cm³/mol. The largest absolute Gasteiger partial charge is 0.364 e. The molecule has 0 fully saturated rings. The summed E-state index contributed by atoms with van der Waals surface area (Å²) in [4.78, 5) is 20.3. The quantitative estimate of drug-likeness (QED) is 0.582. The normalized spacial score (nSPS) is 10.9. The van der Waals surface area contributed by atoms with Crippen molar-refractivity contribution in [2.75, 3.05) is 5.32 Å². The number of aryl methyl sites for hydroxylation is 1. The molecule has 0 unspecified atom stereocenters. The van der Waals surface area contributed by atoms with Gasteiger partial charge in [0.15, 0.2) is 5.82 Å². The van der Waals surface area contributed by atoms with E-state index in [4.69, 9.17) is 9.97 Å². The first-order valence-corrected chi connectivity index (χ1v) is 9.00. The Morgan fingerprint density at radius 3 is 2.80 bits per heavy atom. The summed E-state index contributed by atoms with van der Waals surface area (Å²) in [7, 11) is 0. The molecule has 0 saturated heterocycles. The molecule has 6 heteroatoms. The van der Waals surface area contributed by atoms with Gasteiger partial charge in [-0.15, -0.1) is 11.3 Å².